The first-order chi connectivity index (χ1) is 9.33. The van der Waals surface area contributed by atoms with Crippen LogP contribution in [0.4, 0.5) is 5.82 Å². The molecule has 0 bridgehead atoms. The van der Waals surface area contributed by atoms with E-state index >= 15 is 0 Å². The van der Waals surface area contributed by atoms with Crippen molar-refractivity contribution in [3.63, 3.8) is 0 Å². The van der Waals surface area contributed by atoms with Gasteiger partial charge in [-0.1, -0.05) is 30.3 Å². The minimum Gasteiger partial charge on any atom is -0.368 e. The van der Waals surface area contributed by atoms with Gasteiger partial charge in [0.05, 0.1) is 6.33 Å². The first-order valence-corrected chi connectivity index (χ1v) is 7.05. The molecule has 0 amide bonds. The maximum Gasteiger partial charge on any atom is 0.194 e. The molecule has 0 saturated heterocycles. The number of fused-ring (bicyclic) bond motifs is 1. The Morgan fingerprint density at radius 3 is 2.84 bits per heavy atom. The van der Waals surface area contributed by atoms with Crippen LogP contribution in [0, 0.1) is 3.83 Å². The van der Waals surface area contributed by atoms with Crippen LogP contribution in [0.5, 0.6) is 0 Å². The van der Waals surface area contributed by atoms with Crippen LogP contribution in [0.15, 0.2) is 36.7 Å². The molecule has 0 unspecified atom stereocenters. The molecule has 0 aliphatic rings. The quantitative estimate of drug-likeness (QED) is 0.551. The molecule has 3 aromatic rings. The largest absolute Gasteiger partial charge is 0.368 e. The van der Waals surface area contributed by atoms with Gasteiger partial charge in [0.1, 0.15) is 5.52 Å². The summed E-state index contributed by atoms with van der Waals surface area (Å²) in [5, 5.41) is 3.34. The Labute approximate surface area is 124 Å². The predicted octanol–water partition coefficient (Wildman–Crippen LogP) is 2.61. The van der Waals surface area contributed by atoms with Crippen molar-refractivity contribution in [2.75, 3.05) is 11.9 Å². The normalized spacial score (nSPS) is 10.8. The molecule has 1 aromatic carbocycles. The Kier molecular flexibility index (Phi) is 3.58. The van der Waals surface area contributed by atoms with E-state index in [1.54, 1.807) is 6.33 Å². The molecule has 5 nitrogen and oxygen atoms in total. The third kappa shape index (κ3) is 2.83. The zero-order valence-corrected chi connectivity index (χ0v) is 12.3. The maximum atomic E-state index is 4.40. The number of aromatic nitrogens is 4. The second-order valence-corrected chi connectivity index (χ2v) is 5.07. The third-order valence-electron chi connectivity index (χ3n) is 2.81. The molecule has 2 aromatic heterocycles. The fourth-order valence-electron chi connectivity index (χ4n) is 1.90. The third-order valence-corrected chi connectivity index (χ3v) is 3.29. The van der Waals surface area contributed by atoms with Crippen LogP contribution in [0.1, 0.15) is 5.56 Å². The Hall–Kier alpha value is -1.70. The number of halogens is 1. The molecule has 2 N–H and O–H groups in total. The van der Waals surface area contributed by atoms with Gasteiger partial charge in [-0.25, -0.2) is 15.0 Å². The highest BCUT2D eigenvalue weighted by Gasteiger charge is 2.07. The lowest BCUT2D eigenvalue weighted by Gasteiger charge is -2.06. The summed E-state index contributed by atoms with van der Waals surface area (Å²) in [6.07, 6.45) is 2.59. The van der Waals surface area contributed by atoms with Gasteiger partial charge >= 0.3 is 0 Å². The van der Waals surface area contributed by atoms with E-state index in [4.69, 9.17) is 0 Å². The Balaban J connectivity index is 1.73. The van der Waals surface area contributed by atoms with Gasteiger partial charge in [0, 0.05) is 29.1 Å². The minimum atomic E-state index is 0.694. The van der Waals surface area contributed by atoms with E-state index in [0.29, 0.717) is 9.48 Å². The van der Waals surface area contributed by atoms with Gasteiger partial charge in [-0.05, 0) is 12.0 Å². The number of H-pyrrole nitrogens is 1. The summed E-state index contributed by atoms with van der Waals surface area (Å²) in [7, 11) is 0. The molecule has 0 radical (unpaired) electrons. The number of hydrogen-bond donors (Lipinski definition) is 2. The van der Waals surface area contributed by atoms with Crippen LogP contribution in [-0.2, 0) is 6.42 Å². The summed E-state index contributed by atoms with van der Waals surface area (Å²) >= 11 is 2.10. The van der Waals surface area contributed by atoms with Crippen molar-refractivity contribution in [1.29, 1.82) is 0 Å². The number of nitrogens with zero attached hydrogens (tertiary/aromatic N) is 3. The average molecular weight is 365 g/mol. The molecule has 0 spiro atoms. The number of rotatable bonds is 4. The molecular weight excluding hydrogens is 353 g/mol. The first kappa shape index (κ1) is 12.3. The van der Waals surface area contributed by atoms with Crippen molar-refractivity contribution in [3.05, 3.63) is 46.1 Å². The highest BCUT2D eigenvalue weighted by Crippen LogP contribution is 2.17. The van der Waals surface area contributed by atoms with Crippen molar-refractivity contribution in [2.24, 2.45) is 0 Å². The highest BCUT2D eigenvalue weighted by atomic mass is 127. The fraction of sp³-hybridized carbons (Fsp3) is 0.154. The summed E-state index contributed by atoms with van der Waals surface area (Å²) in [6.45, 7) is 0.825. The molecule has 19 heavy (non-hydrogen) atoms. The number of hydrogen-bond acceptors (Lipinski definition) is 4. The second-order valence-electron chi connectivity index (χ2n) is 4.10. The minimum absolute atomic E-state index is 0.694. The second kappa shape index (κ2) is 5.52. The summed E-state index contributed by atoms with van der Waals surface area (Å²) in [4.78, 5) is 15.9. The number of anilines is 1. The van der Waals surface area contributed by atoms with Crippen LogP contribution < -0.4 is 5.32 Å². The van der Waals surface area contributed by atoms with E-state index in [-0.39, 0.29) is 0 Å². The highest BCUT2D eigenvalue weighted by molar-refractivity contribution is 14.1. The van der Waals surface area contributed by atoms with Crippen LogP contribution in [0.2, 0.25) is 0 Å². The van der Waals surface area contributed by atoms with Gasteiger partial charge in [0.2, 0.25) is 0 Å². The van der Waals surface area contributed by atoms with Crippen LogP contribution in [0.25, 0.3) is 11.2 Å². The Bertz CT molecular complexity index is 680. The van der Waals surface area contributed by atoms with Crippen molar-refractivity contribution < 1.29 is 0 Å². The summed E-state index contributed by atoms with van der Waals surface area (Å²) in [5.41, 5.74) is 2.86. The van der Waals surface area contributed by atoms with E-state index in [1.165, 1.54) is 5.56 Å². The molecule has 0 atom stereocenters. The van der Waals surface area contributed by atoms with Crippen LogP contribution in [-0.4, -0.2) is 26.5 Å². The van der Waals surface area contributed by atoms with Crippen molar-refractivity contribution in [3.8, 4) is 0 Å². The van der Waals surface area contributed by atoms with Gasteiger partial charge in [-0.15, -0.1) is 0 Å². The number of imidazole rings is 1. The van der Waals surface area contributed by atoms with Crippen LogP contribution in [0.3, 0.4) is 0 Å². The predicted molar refractivity (Wildman–Crippen MR) is 83.0 cm³/mol. The fourth-order valence-corrected chi connectivity index (χ4v) is 2.37. The average Bonchev–Trinajstić information content (AvgIpc) is 2.88. The Morgan fingerprint density at radius 2 is 2.00 bits per heavy atom. The monoisotopic (exact) mass is 365 g/mol. The van der Waals surface area contributed by atoms with Crippen molar-refractivity contribution >= 4 is 39.6 Å². The molecule has 3 rings (SSSR count). The topological polar surface area (TPSA) is 66.5 Å². The molecule has 0 aliphatic heterocycles. The van der Waals surface area contributed by atoms with Gasteiger partial charge in [0.15, 0.2) is 15.3 Å². The van der Waals surface area contributed by atoms with Crippen molar-refractivity contribution in [2.45, 2.75) is 6.42 Å². The summed E-state index contributed by atoms with van der Waals surface area (Å²) < 4.78 is 0.694. The van der Waals surface area contributed by atoms with E-state index in [1.807, 2.05) is 6.07 Å². The smallest absolute Gasteiger partial charge is 0.194 e. The molecule has 0 aliphatic carbocycles. The Morgan fingerprint density at radius 1 is 1.16 bits per heavy atom. The SMILES string of the molecule is Ic1nc(NCCc2ccccc2)c2[nH]cnc2n1. The molecule has 96 valence electrons. The number of aromatic amines is 1. The standard InChI is InChI=1S/C13H12IN5/c14-13-18-11(10-12(19-13)17-8-16-10)15-7-6-9-4-2-1-3-5-9/h1-5,8H,6-7H2,(H2,15,16,17,18,19). The lowest BCUT2D eigenvalue weighted by atomic mass is 10.1. The molecular formula is C13H12IN5. The lowest BCUT2D eigenvalue weighted by molar-refractivity contribution is 0.999. The van der Waals surface area contributed by atoms with Crippen LogP contribution >= 0.6 is 22.6 Å². The zero-order valence-electron chi connectivity index (χ0n) is 10.1. The van der Waals surface area contributed by atoms with Gasteiger partial charge in [-0.3, -0.25) is 0 Å². The van der Waals surface area contributed by atoms with E-state index in [0.717, 1.165) is 24.3 Å². The van der Waals surface area contributed by atoms with Crippen molar-refractivity contribution in [1.82, 2.24) is 19.9 Å². The first-order valence-electron chi connectivity index (χ1n) is 5.97. The number of nitrogens with one attached hydrogen (secondary N) is 2. The van der Waals surface area contributed by atoms with E-state index in [9.17, 15) is 0 Å². The molecule has 2 heterocycles. The van der Waals surface area contributed by atoms with Gasteiger partial charge < -0.3 is 10.3 Å². The summed E-state index contributed by atoms with van der Waals surface area (Å²) in [5.74, 6) is 0.808. The van der Waals surface area contributed by atoms with E-state index in [2.05, 4.69) is 72.1 Å². The zero-order chi connectivity index (χ0) is 13.1. The lowest BCUT2D eigenvalue weighted by Crippen LogP contribution is -2.08. The summed E-state index contributed by atoms with van der Waals surface area (Å²) in [6, 6.07) is 10.4. The molecule has 0 saturated carbocycles. The molecule has 0 fully saturated rings. The number of benzene rings is 1. The maximum absolute atomic E-state index is 4.40. The van der Waals surface area contributed by atoms with Gasteiger partial charge in [0.25, 0.3) is 0 Å². The van der Waals surface area contributed by atoms with Gasteiger partial charge in [-0.2, -0.15) is 0 Å². The van der Waals surface area contributed by atoms with E-state index < -0.39 is 0 Å². The molecule has 6 heteroatoms.